The third-order valence-corrected chi connectivity index (χ3v) is 5.01. The molecule has 3 rings (SSSR count). The zero-order chi connectivity index (χ0) is 17.6. The van der Waals surface area contributed by atoms with E-state index in [1.807, 2.05) is 37.3 Å². The second-order valence-corrected chi connectivity index (χ2v) is 7.16. The van der Waals surface area contributed by atoms with E-state index in [-0.39, 0.29) is 5.91 Å². The number of aromatic nitrogens is 1. The lowest BCUT2D eigenvalue weighted by Crippen LogP contribution is -2.28. The van der Waals surface area contributed by atoms with Gasteiger partial charge in [-0.2, -0.15) is 0 Å². The summed E-state index contributed by atoms with van der Waals surface area (Å²) in [7, 11) is 0. The van der Waals surface area contributed by atoms with Crippen LogP contribution in [0.3, 0.4) is 0 Å². The Morgan fingerprint density at radius 1 is 1.20 bits per heavy atom. The molecule has 3 aromatic rings. The number of benzene rings is 2. The number of ether oxygens (including phenoxy) is 1. The predicted octanol–water partition coefficient (Wildman–Crippen LogP) is 4.04. The zero-order valence-electron chi connectivity index (χ0n) is 14.5. The molecule has 1 N–H and O–H groups in total. The number of nitrogens with zero attached hydrogens (tertiary/aromatic N) is 1. The lowest BCUT2D eigenvalue weighted by Gasteiger charge is -2.10. The fourth-order valence-electron chi connectivity index (χ4n) is 2.65. The third kappa shape index (κ3) is 4.79. The van der Waals surface area contributed by atoms with Crippen LogP contribution in [0, 0.1) is 13.8 Å². The summed E-state index contributed by atoms with van der Waals surface area (Å²) in [6, 6.07) is 14.1. The first-order chi connectivity index (χ1) is 12.1. The quantitative estimate of drug-likeness (QED) is 0.652. The Bertz CT molecular complexity index is 840. The maximum absolute atomic E-state index is 12.0. The molecular formula is C20H22N2O2S. The molecule has 25 heavy (non-hydrogen) atoms. The van der Waals surface area contributed by atoms with E-state index >= 15 is 0 Å². The van der Waals surface area contributed by atoms with Gasteiger partial charge in [0.25, 0.3) is 0 Å². The van der Waals surface area contributed by atoms with E-state index in [1.54, 1.807) is 11.3 Å². The Morgan fingerprint density at radius 2 is 2.04 bits per heavy atom. The van der Waals surface area contributed by atoms with Crippen molar-refractivity contribution in [1.29, 1.82) is 0 Å². The standard InChI is InChI=1S/C20H22N2O2S/c1-14-7-8-17(15(2)13-14)24-12-11-21-19(23)9-10-20-22-16-5-3-4-6-18(16)25-20/h3-8,13H,9-12H2,1-2H3,(H,21,23). The molecule has 0 aliphatic carbocycles. The van der Waals surface area contributed by atoms with Crippen molar-refractivity contribution >= 4 is 27.5 Å². The number of hydrogen-bond donors (Lipinski definition) is 1. The van der Waals surface area contributed by atoms with Gasteiger partial charge in [0.2, 0.25) is 5.91 Å². The van der Waals surface area contributed by atoms with Gasteiger partial charge in [-0.3, -0.25) is 4.79 Å². The number of carbonyl (C=O) groups is 1. The van der Waals surface area contributed by atoms with Crippen LogP contribution in [0.25, 0.3) is 10.2 Å². The summed E-state index contributed by atoms with van der Waals surface area (Å²) in [5.74, 6) is 0.901. The molecule has 2 aromatic carbocycles. The molecular weight excluding hydrogens is 332 g/mol. The molecule has 1 heterocycles. The van der Waals surface area contributed by atoms with Crippen LogP contribution in [0.4, 0.5) is 0 Å². The number of para-hydroxylation sites is 1. The fourth-order valence-corrected chi connectivity index (χ4v) is 3.62. The van der Waals surface area contributed by atoms with Crippen LogP contribution in [0.5, 0.6) is 5.75 Å². The summed E-state index contributed by atoms with van der Waals surface area (Å²) in [6.07, 6.45) is 1.12. The molecule has 1 amide bonds. The zero-order valence-corrected chi connectivity index (χ0v) is 15.4. The molecule has 0 unspecified atom stereocenters. The SMILES string of the molecule is Cc1ccc(OCCNC(=O)CCc2nc3ccccc3s2)c(C)c1. The topological polar surface area (TPSA) is 51.2 Å². The minimum atomic E-state index is 0.0310. The Labute approximate surface area is 151 Å². The van der Waals surface area contributed by atoms with Gasteiger partial charge in [0, 0.05) is 12.8 Å². The van der Waals surface area contributed by atoms with E-state index in [0.717, 1.165) is 21.8 Å². The van der Waals surface area contributed by atoms with E-state index in [9.17, 15) is 4.79 Å². The van der Waals surface area contributed by atoms with Crippen LogP contribution in [-0.4, -0.2) is 24.0 Å². The Morgan fingerprint density at radius 3 is 2.84 bits per heavy atom. The van der Waals surface area contributed by atoms with Crippen molar-refractivity contribution in [2.24, 2.45) is 0 Å². The highest BCUT2D eigenvalue weighted by atomic mass is 32.1. The van der Waals surface area contributed by atoms with Crippen LogP contribution < -0.4 is 10.1 Å². The summed E-state index contributed by atoms with van der Waals surface area (Å²) >= 11 is 1.65. The molecule has 0 bridgehead atoms. The minimum absolute atomic E-state index is 0.0310. The van der Waals surface area contributed by atoms with Gasteiger partial charge >= 0.3 is 0 Å². The van der Waals surface area contributed by atoms with Gasteiger partial charge in [-0.05, 0) is 37.6 Å². The number of carbonyl (C=O) groups excluding carboxylic acids is 1. The summed E-state index contributed by atoms with van der Waals surface area (Å²) in [5, 5.41) is 3.90. The highest BCUT2D eigenvalue weighted by Crippen LogP contribution is 2.22. The summed E-state index contributed by atoms with van der Waals surface area (Å²) in [5.41, 5.74) is 3.33. The van der Waals surface area contributed by atoms with Crippen molar-refractivity contribution in [2.75, 3.05) is 13.2 Å². The highest BCUT2D eigenvalue weighted by molar-refractivity contribution is 7.18. The highest BCUT2D eigenvalue weighted by Gasteiger charge is 2.07. The third-order valence-electron chi connectivity index (χ3n) is 3.92. The van der Waals surface area contributed by atoms with Crippen LogP contribution in [0.1, 0.15) is 22.6 Å². The van der Waals surface area contributed by atoms with Crippen molar-refractivity contribution in [3.8, 4) is 5.75 Å². The van der Waals surface area contributed by atoms with Gasteiger partial charge < -0.3 is 10.1 Å². The first-order valence-electron chi connectivity index (χ1n) is 8.43. The Kier molecular flexibility index (Phi) is 5.66. The van der Waals surface area contributed by atoms with E-state index in [1.165, 1.54) is 10.3 Å². The summed E-state index contributed by atoms with van der Waals surface area (Å²) in [6.45, 7) is 5.06. The second-order valence-electron chi connectivity index (χ2n) is 6.04. The maximum Gasteiger partial charge on any atom is 0.220 e. The van der Waals surface area contributed by atoms with Gasteiger partial charge in [-0.25, -0.2) is 4.98 Å². The smallest absolute Gasteiger partial charge is 0.220 e. The molecule has 5 heteroatoms. The van der Waals surface area contributed by atoms with Gasteiger partial charge in [-0.15, -0.1) is 11.3 Å². The lowest BCUT2D eigenvalue weighted by molar-refractivity contribution is -0.121. The van der Waals surface area contributed by atoms with Crippen molar-refractivity contribution in [3.63, 3.8) is 0 Å². The number of amides is 1. The van der Waals surface area contributed by atoms with Gasteiger partial charge in [0.1, 0.15) is 12.4 Å². The summed E-state index contributed by atoms with van der Waals surface area (Å²) in [4.78, 5) is 16.5. The molecule has 0 radical (unpaired) electrons. The molecule has 0 aliphatic rings. The molecule has 0 saturated carbocycles. The first kappa shape index (κ1) is 17.4. The second kappa shape index (κ2) is 8.12. The summed E-state index contributed by atoms with van der Waals surface area (Å²) < 4.78 is 6.89. The largest absolute Gasteiger partial charge is 0.491 e. The number of aryl methyl sites for hydroxylation is 3. The first-order valence-corrected chi connectivity index (χ1v) is 9.24. The number of fused-ring (bicyclic) bond motifs is 1. The number of nitrogens with one attached hydrogen (secondary N) is 1. The Hall–Kier alpha value is -2.40. The molecule has 0 spiro atoms. The van der Waals surface area contributed by atoms with Gasteiger partial charge in [-0.1, -0.05) is 29.8 Å². The van der Waals surface area contributed by atoms with Gasteiger partial charge in [0.15, 0.2) is 0 Å². The number of rotatable bonds is 7. The predicted molar refractivity (Wildman–Crippen MR) is 102 cm³/mol. The average molecular weight is 354 g/mol. The minimum Gasteiger partial charge on any atom is -0.491 e. The molecule has 0 aliphatic heterocycles. The van der Waals surface area contributed by atoms with E-state index in [4.69, 9.17) is 4.74 Å². The lowest BCUT2D eigenvalue weighted by atomic mass is 10.1. The molecule has 130 valence electrons. The van der Waals surface area contributed by atoms with E-state index in [0.29, 0.717) is 26.0 Å². The van der Waals surface area contributed by atoms with Crippen molar-refractivity contribution in [3.05, 3.63) is 58.6 Å². The molecule has 0 fully saturated rings. The molecule has 4 nitrogen and oxygen atoms in total. The monoisotopic (exact) mass is 354 g/mol. The van der Waals surface area contributed by atoms with Crippen LogP contribution in [-0.2, 0) is 11.2 Å². The Balaban J connectivity index is 1.39. The normalized spacial score (nSPS) is 10.8. The maximum atomic E-state index is 12.0. The number of thiazole rings is 1. The average Bonchev–Trinajstić information content (AvgIpc) is 3.01. The fraction of sp³-hybridized carbons (Fsp3) is 0.300. The number of hydrogen-bond acceptors (Lipinski definition) is 4. The van der Waals surface area contributed by atoms with Crippen molar-refractivity contribution in [1.82, 2.24) is 10.3 Å². The van der Waals surface area contributed by atoms with Crippen LogP contribution in [0.15, 0.2) is 42.5 Å². The van der Waals surface area contributed by atoms with E-state index < -0.39 is 0 Å². The van der Waals surface area contributed by atoms with Gasteiger partial charge in [0.05, 0.1) is 21.8 Å². The van der Waals surface area contributed by atoms with Crippen LogP contribution in [0.2, 0.25) is 0 Å². The van der Waals surface area contributed by atoms with Crippen molar-refractivity contribution in [2.45, 2.75) is 26.7 Å². The molecule has 0 atom stereocenters. The van der Waals surface area contributed by atoms with E-state index in [2.05, 4.69) is 29.4 Å². The van der Waals surface area contributed by atoms with Crippen LogP contribution >= 0.6 is 11.3 Å². The van der Waals surface area contributed by atoms with Crippen molar-refractivity contribution < 1.29 is 9.53 Å². The molecule has 0 saturated heterocycles. The molecule has 1 aromatic heterocycles.